The minimum Gasteiger partial charge on any atom is -0.383 e. The Kier molecular flexibility index (Phi) is 12.9. The zero-order valence-electron chi connectivity index (χ0n) is 12.0. The molecule has 0 aliphatic heterocycles. The lowest BCUT2D eigenvalue weighted by atomic mass is 10.2. The Morgan fingerprint density at radius 2 is 2.06 bits per heavy atom. The molecule has 0 heterocycles. The molecule has 0 bridgehead atoms. The molecule has 0 aromatic rings. The largest absolute Gasteiger partial charge is 0.383 e. The highest BCUT2D eigenvalue weighted by Gasteiger charge is 2.07. The number of nitrogens with zero attached hydrogens (tertiary/aromatic N) is 1. The Bertz CT molecular complexity index is 158. The first kappa shape index (κ1) is 17.2. The summed E-state index contributed by atoms with van der Waals surface area (Å²) in [7, 11) is 3.98. The maximum absolute atomic E-state index is 4.98. The third-order valence-electron chi connectivity index (χ3n) is 3.09. The van der Waals surface area contributed by atoms with Crippen LogP contribution < -0.4 is 5.32 Å². The first-order valence-corrected chi connectivity index (χ1v) is 8.00. The van der Waals surface area contributed by atoms with E-state index in [9.17, 15) is 0 Å². The molecule has 0 rings (SSSR count). The van der Waals surface area contributed by atoms with E-state index in [1.165, 1.54) is 31.6 Å². The van der Waals surface area contributed by atoms with Gasteiger partial charge in [-0.05, 0) is 58.3 Å². The van der Waals surface area contributed by atoms with E-state index in [-0.39, 0.29) is 0 Å². The van der Waals surface area contributed by atoms with Gasteiger partial charge in [0.15, 0.2) is 0 Å². The van der Waals surface area contributed by atoms with Gasteiger partial charge < -0.3 is 15.0 Å². The van der Waals surface area contributed by atoms with Gasteiger partial charge in [-0.2, -0.15) is 11.8 Å². The van der Waals surface area contributed by atoms with E-state index in [0.717, 1.165) is 19.7 Å². The van der Waals surface area contributed by atoms with E-state index in [0.29, 0.717) is 6.04 Å². The molecule has 0 amide bonds. The van der Waals surface area contributed by atoms with Gasteiger partial charge in [0.2, 0.25) is 0 Å². The van der Waals surface area contributed by atoms with Crippen molar-refractivity contribution in [2.24, 2.45) is 0 Å². The second-order valence-electron chi connectivity index (χ2n) is 4.56. The van der Waals surface area contributed by atoms with E-state index in [2.05, 4.69) is 30.4 Å². The Labute approximate surface area is 112 Å². The summed E-state index contributed by atoms with van der Waals surface area (Å²) in [6.45, 7) is 6.42. The predicted octanol–water partition coefficient (Wildman–Crippen LogP) is 2.08. The minimum absolute atomic E-state index is 0.712. The first-order chi connectivity index (χ1) is 8.22. The predicted molar refractivity (Wildman–Crippen MR) is 79.1 cm³/mol. The lowest BCUT2D eigenvalue weighted by Crippen LogP contribution is -2.31. The first-order valence-electron chi connectivity index (χ1n) is 6.61. The number of thioether (sulfide) groups is 1. The molecule has 0 fully saturated rings. The highest BCUT2D eigenvalue weighted by Crippen LogP contribution is 2.06. The summed E-state index contributed by atoms with van der Waals surface area (Å²) in [5.41, 5.74) is 0. The van der Waals surface area contributed by atoms with Crippen molar-refractivity contribution in [1.29, 1.82) is 0 Å². The van der Waals surface area contributed by atoms with Crippen LogP contribution in [0.15, 0.2) is 0 Å². The Balaban J connectivity index is 3.28. The van der Waals surface area contributed by atoms with Crippen LogP contribution in [0.1, 0.15) is 26.2 Å². The lowest BCUT2D eigenvalue weighted by Gasteiger charge is -2.24. The maximum atomic E-state index is 4.98. The van der Waals surface area contributed by atoms with Gasteiger partial charge >= 0.3 is 0 Å². The molecule has 1 atom stereocenters. The monoisotopic (exact) mass is 262 g/mol. The van der Waals surface area contributed by atoms with Crippen molar-refractivity contribution in [2.75, 3.05) is 52.4 Å². The lowest BCUT2D eigenvalue weighted by molar-refractivity contribution is 0.199. The smallest absolute Gasteiger partial charge is 0.0587 e. The molecule has 0 saturated carbocycles. The number of nitrogens with one attached hydrogen (secondary N) is 1. The summed E-state index contributed by atoms with van der Waals surface area (Å²) in [6.07, 6.45) is 6.01. The van der Waals surface area contributed by atoms with Crippen LogP contribution in [-0.4, -0.2) is 63.3 Å². The summed E-state index contributed by atoms with van der Waals surface area (Å²) in [4.78, 5) is 2.48. The highest BCUT2D eigenvalue weighted by molar-refractivity contribution is 7.98. The second kappa shape index (κ2) is 12.7. The molecule has 17 heavy (non-hydrogen) atoms. The number of unbranched alkanes of at least 4 members (excludes halogenated alkanes) is 1. The SMILES string of the molecule is COCCNCCCCN(C)C(C)CCSC. The van der Waals surface area contributed by atoms with Gasteiger partial charge in [-0.3, -0.25) is 0 Å². The zero-order chi connectivity index (χ0) is 12.9. The summed E-state index contributed by atoms with van der Waals surface area (Å²) >= 11 is 1.94. The van der Waals surface area contributed by atoms with E-state index < -0.39 is 0 Å². The minimum atomic E-state index is 0.712. The molecule has 1 N–H and O–H groups in total. The molecule has 104 valence electrons. The quantitative estimate of drug-likeness (QED) is 0.544. The van der Waals surface area contributed by atoms with Crippen molar-refractivity contribution in [3.63, 3.8) is 0 Å². The van der Waals surface area contributed by atoms with Crippen LogP contribution in [0, 0.1) is 0 Å². The summed E-state index contributed by atoms with van der Waals surface area (Å²) in [6, 6.07) is 0.712. The molecule has 0 radical (unpaired) electrons. The van der Waals surface area contributed by atoms with Crippen LogP contribution >= 0.6 is 11.8 Å². The van der Waals surface area contributed by atoms with Crippen molar-refractivity contribution in [3.05, 3.63) is 0 Å². The van der Waals surface area contributed by atoms with Crippen LogP contribution in [0.25, 0.3) is 0 Å². The molecule has 3 nitrogen and oxygen atoms in total. The average molecular weight is 262 g/mol. The van der Waals surface area contributed by atoms with Gasteiger partial charge in [-0.1, -0.05) is 0 Å². The van der Waals surface area contributed by atoms with Gasteiger partial charge in [0, 0.05) is 19.7 Å². The fourth-order valence-electron chi connectivity index (χ4n) is 1.64. The number of ether oxygens (including phenoxy) is 1. The van der Waals surface area contributed by atoms with Gasteiger partial charge in [-0.15, -0.1) is 0 Å². The van der Waals surface area contributed by atoms with Gasteiger partial charge in [0.1, 0.15) is 0 Å². The molecule has 4 heteroatoms. The van der Waals surface area contributed by atoms with Crippen molar-refractivity contribution < 1.29 is 4.74 Å². The molecule has 1 unspecified atom stereocenters. The fraction of sp³-hybridized carbons (Fsp3) is 1.00. The van der Waals surface area contributed by atoms with E-state index >= 15 is 0 Å². The van der Waals surface area contributed by atoms with Crippen LogP contribution in [0.5, 0.6) is 0 Å². The highest BCUT2D eigenvalue weighted by atomic mass is 32.2. The van der Waals surface area contributed by atoms with Crippen LogP contribution in [-0.2, 0) is 4.74 Å². The average Bonchev–Trinajstić information content (AvgIpc) is 2.34. The van der Waals surface area contributed by atoms with Gasteiger partial charge in [-0.25, -0.2) is 0 Å². The maximum Gasteiger partial charge on any atom is 0.0587 e. The van der Waals surface area contributed by atoms with E-state index in [4.69, 9.17) is 4.74 Å². The van der Waals surface area contributed by atoms with Crippen LogP contribution in [0.4, 0.5) is 0 Å². The van der Waals surface area contributed by atoms with Crippen molar-refractivity contribution in [2.45, 2.75) is 32.2 Å². The topological polar surface area (TPSA) is 24.5 Å². The van der Waals surface area contributed by atoms with Gasteiger partial charge in [0.25, 0.3) is 0 Å². The van der Waals surface area contributed by atoms with E-state index in [1.54, 1.807) is 7.11 Å². The molecular formula is C13H30N2OS. The number of methoxy groups -OCH3 is 1. The number of hydrogen-bond acceptors (Lipinski definition) is 4. The molecule has 0 spiro atoms. The zero-order valence-corrected chi connectivity index (χ0v) is 12.8. The summed E-state index contributed by atoms with van der Waals surface area (Å²) in [5.74, 6) is 1.27. The Hall–Kier alpha value is 0.230. The number of hydrogen-bond donors (Lipinski definition) is 1. The third kappa shape index (κ3) is 11.1. The molecule has 0 saturated heterocycles. The molecule has 0 aromatic carbocycles. The summed E-state index contributed by atoms with van der Waals surface area (Å²) < 4.78 is 4.98. The Morgan fingerprint density at radius 3 is 2.71 bits per heavy atom. The third-order valence-corrected chi connectivity index (χ3v) is 3.73. The summed E-state index contributed by atoms with van der Waals surface area (Å²) in [5, 5.41) is 3.38. The van der Waals surface area contributed by atoms with Crippen LogP contribution in [0.3, 0.4) is 0 Å². The number of rotatable bonds is 12. The molecule has 0 aliphatic carbocycles. The van der Waals surface area contributed by atoms with Crippen molar-refractivity contribution in [1.82, 2.24) is 10.2 Å². The normalized spacial score (nSPS) is 13.2. The molecule has 0 aliphatic rings. The molecule has 0 aromatic heterocycles. The standard InChI is InChI=1S/C13H30N2OS/c1-13(7-12-17-4)15(2)10-6-5-8-14-9-11-16-3/h13-14H,5-12H2,1-4H3. The van der Waals surface area contributed by atoms with E-state index in [1.807, 2.05) is 11.8 Å². The van der Waals surface area contributed by atoms with Gasteiger partial charge in [0.05, 0.1) is 6.61 Å². The van der Waals surface area contributed by atoms with Crippen molar-refractivity contribution >= 4 is 11.8 Å². The van der Waals surface area contributed by atoms with Crippen LogP contribution in [0.2, 0.25) is 0 Å². The van der Waals surface area contributed by atoms with Crippen molar-refractivity contribution in [3.8, 4) is 0 Å². The molecular weight excluding hydrogens is 232 g/mol. The Morgan fingerprint density at radius 1 is 1.29 bits per heavy atom. The fourth-order valence-corrected chi connectivity index (χ4v) is 2.22. The second-order valence-corrected chi connectivity index (χ2v) is 5.55.